The average Bonchev–Trinajstić information content (AvgIpc) is 3.81. The van der Waals surface area contributed by atoms with E-state index in [9.17, 15) is 62.4 Å². The van der Waals surface area contributed by atoms with Crippen molar-refractivity contribution in [3.8, 4) is 11.5 Å². The molecule has 1 saturated heterocycles. The lowest BCUT2D eigenvalue weighted by molar-refractivity contribution is -0.150. The van der Waals surface area contributed by atoms with E-state index in [0.29, 0.717) is 17.8 Å². The molecule has 0 saturated carbocycles. The molecule has 22 nitrogen and oxygen atoms in total. The SMILES string of the molecule is CC(C)(ON=C(C(=O)NC1C(=O)N2C(C(=O)O)=C(CSc3cc(C(F)(F)F)nc4nc(C(=O)O)nn34)CS[C@@H]12)c1csc(N)n1)C(=O)NNC(=O)c1ccc(O)c(O)c1. The Morgan fingerprint density at radius 3 is 2.41 bits per heavy atom. The summed E-state index contributed by atoms with van der Waals surface area (Å²) in [7, 11) is 0. The second kappa shape index (κ2) is 15.9. The standard InChI is InChI=1S/C31H26F3N11O11S3/c1-30(2,27(55)41-40-21(48)10-3-4-13(46)14(47)5-10)56-43-17(12-9-59-28(35)36-12)22(49)38-18-23(50)44-19(25(51)52)11(8-58-24(18)44)7-57-16-6-15(31(32,33)34)37-29-39-20(26(53)54)42-45(16)29/h3-6,9,18,24,46-47H,7-8H2,1-2H3,(H2,35,36)(H,38,49)(H,40,48)(H,41,55)(H,51,52)(H,53,54)/t18?,24-/m0/s1. The first-order valence-corrected chi connectivity index (χ1v) is 19.1. The summed E-state index contributed by atoms with van der Waals surface area (Å²) in [5.74, 6) is -9.90. The van der Waals surface area contributed by atoms with Crippen LogP contribution in [0.3, 0.4) is 0 Å². The number of carboxylic acids is 2. The zero-order valence-corrected chi connectivity index (χ0v) is 32.1. The molecular formula is C31H26F3N11O11S3. The molecule has 4 aromatic rings. The summed E-state index contributed by atoms with van der Waals surface area (Å²) in [5.41, 5.74) is 5.45. The van der Waals surface area contributed by atoms with Gasteiger partial charge in [-0.15, -0.1) is 40.0 Å². The van der Waals surface area contributed by atoms with Gasteiger partial charge in [0.25, 0.3) is 35.2 Å². The molecule has 9 N–H and O–H groups in total. The molecule has 0 bridgehead atoms. The third-order valence-electron chi connectivity index (χ3n) is 8.11. The summed E-state index contributed by atoms with van der Waals surface area (Å²) < 4.78 is 41.6. The molecule has 28 heteroatoms. The smallest absolute Gasteiger partial charge is 0.433 e. The molecule has 5 heterocycles. The van der Waals surface area contributed by atoms with Crippen molar-refractivity contribution in [2.24, 2.45) is 5.16 Å². The summed E-state index contributed by atoms with van der Waals surface area (Å²) in [6, 6.07) is 2.43. The van der Waals surface area contributed by atoms with Gasteiger partial charge in [0.05, 0.1) is 0 Å². The largest absolute Gasteiger partial charge is 0.504 e. The fourth-order valence-corrected chi connectivity index (χ4v) is 8.17. The lowest BCUT2D eigenvalue weighted by Crippen LogP contribution is -2.71. The number of anilines is 1. The van der Waals surface area contributed by atoms with Gasteiger partial charge < -0.3 is 36.3 Å². The van der Waals surface area contributed by atoms with Crippen LogP contribution in [0.2, 0.25) is 0 Å². The molecule has 2 atom stereocenters. The molecule has 59 heavy (non-hydrogen) atoms. The second-order valence-electron chi connectivity index (χ2n) is 12.6. The molecule has 0 radical (unpaired) electrons. The highest BCUT2D eigenvalue weighted by atomic mass is 32.2. The normalized spacial score (nSPS) is 16.9. The van der Waals surface area contributed by atoms with E-state index in [1.54, 1.807) is 0 Å². The van der Waals surface area contributed by atoms with Gasteiger partial charge in [-0.3, -0.25) is 34.9 Å². The Morgan fingerprint density at radius 2 is 1.78 bits per heavy atom. The van der Waals surface area contributed by atoms with Crippen LogP contribution < -0.4 is 21.9 Å². The fourth-order valence-electron chi connectivity index (χ4n) is 5.15. The van der Waals surface area contributed by atoms with Gasteiger partial charge in [0.15, 0.2) is 28.0 Å². The van der Waals surface area contributed by atoms with Crippen molar-refractivity contribution in [3.63, 3.8) is 0 Å². The van der Waals surface area contributed by atoms with Gasteiger partial charge in [0, 0.05) is 28.5 Å². The number of oxime groups is 1. The maximum absolute atomic E-state index is 13.6. The number of aromatic carboxylic acids is 1. The lowest BCUT2D eigenvalue weighted by Gasteiger charge is -2.49. The molecule has 0 spiro atoms. The summed E-state index contributed by atoms with van der Waals surface area (Å²) in [6.45, 7) is 2.45. The number of nitrogens with two attached hydrogens (primary N) is 1. The van der Waals surface area contributed by atoms with Gasteiger partial charge in [-0.25, -0.2) is 19.6 Å². The van der Waals surface area contributed by atoms with Crippen molar-refractivity contribution >= 4 is 87.0 Å². The number of hydrazine groups is 1. The van der Waals surface area contributed by atoms with E-state index in [1.165, 1.54) is 25.3 Å². The molecule has 2 aliphatic rings. The van der Waals surface area contributed by atoms with Crippen LogP contribution in [0.4, 0.5) is 18.3 Å². The minimum Gasteiger partial charge on any atom is -0.504 e. The molecule has 310 valence electrons. The minimum atomic E-state index is -4.95. The van der Waals surface area contributed by atoms with Crippen molar-refractivity contribution in [2.75, 3.05) is 17.2 Å². The second-order valence-corrected chi connectivity index (χ2v) is 15.6. The van der Waals surface area contributed by atoms with E-state index < -0.39 is 99.0 Å². The van der Waals surface area contributed by atoms with E-state index >= 15 is 0 Å². The molecule has 6 rings (SSSR count). The van der Waals surface area contributed by atoms with E-state index in [2.05, 4.69) is 41.4 Å². The summed E-state index contributed by atoms with van der Waals surface area (Å²) in [5, 5.41) is 48.5. The van der Waals surface area contributed by atoms with Crippen LogP contribution >= 0.6 is 34.9 Å². The maximum Gasteiger partial charge on any atom is 0.433 e. The highest BCUT2D eigenvalue weighted by Gasteiger charge is 2.54. The number of thioether (sulfide) groups is 2. The summed E-state index contributed by atoms with van der Waals surface area (Å²) >= 11 is 2.60. The van der Waals surface area contributed by atoms with Gasteiger partial charge in [-0.1, -0.05) is 5.16 Å². The molecule has 3 aromatic heterocycles. The highest BCUT2D eigenvalue weighted by Crippen LogP contribution is 2.42. The van der Waals surface area contributed by atoms with Gasteiger partial charge in [0.2, 0.25) is 5.60 Å². The van der Waals surface area contributed by atoms with Crippen LogP contribution in [0.1, 0.15) is 46.2 Å². The van der Waals surface area contributed by atoms with E-state index in [-0.39, 0.29) is 38.5 Å². The van der Waals surface area contributed by atoms with Gasteiger partial charge in [-0.05, 0) is 37.6 Å². The number of β-lactam (4-membered cyclic amide) rings is 1. The number of rotatable bonds is 12. The number of aromatic hydroxyl groups is 2. The number of hydrogen-bond donors (Lipinski definition) is 8. The topological polar surface area (TPSA) is 326 Å². The number of alkyl halides is 3. The third kappa shape index (κ3) is 8.62. The monoisotopic (exact) mass is 881 g/mol. The summed E-state index contributed by atoms with van der Waals surface area (Å²) in [4.78, 5) is 93.5. The number of nitrogen functional groups attached to an aromatic ring is 1. The third-order valence-corrected chi connectivity index (χ3v) is 11.2. The molecule has 1 aromatic carbocycles. The average molecular weight is 882 g/mol. The first-order valence-electron chi connectivity index (χ1n) is 16.2. The van der Waals surface area contributed by atoms with E-state index in [0.717, 1.165) is 44.6 Å². The number of phenolic OH excluding ortho intramolecular Hbond substituents is 2. The number of thiazole rings is 1. The van der Waals surface area contributed by atoms with Crippen molar-refractivity contribution in [1.82, 2.24) is 45.6 Å². The van der Waals surface area contributed by atoms with Crippen molar-refractivity contribution in [3.05, 3.63) is 63.7 Å². The Labute approximate surface area is 338 Å². The van der Waals surface area contributed by atoms with Crippen molar-refractivity contribution < 1.29 is 67.2 Å². The number of aliphatic carboxylic acids is 1. The van der Waals surface area contributed by atoms with Crippen molar-refractivity contribution in [1.29, 1.82) is 0 Å². The van der Waals surface area contributed by atoms with Crippen LogP contribution in [0.15, 0.2) is 51.1 Å². The highest BCUT2D eigenvalue weighted by molar-refractivity contribution is 8.01. The number of hydrogen-bond acceptors (Lipinski definition) is 18. The minimum absolute atomic E-state index is 0.00382. The molecular weight excluding hydrogens is 856 g/mol. The number of halogens is 3. The van der Waals surface area contributed by atoms with Crippen molar-refractivity contribution in [2.45, 2.75) is 42.1 Å². The number of aromatic nitrogens is 5. The van der Waals surface area contributed by atoms with Crippen LogP contribution in [0.5, 0.6) is 11.5 Å². The Morgan fingerprint density at radius 1 is 1.05 bits per heavy atom. The van der Waals surface area contributed by atoms with Gasteiger partial charge >= 0.3 is 18.1 Å². The number of fused-ring (bicyclic) bond motifs is 2. The number of carbonyl (C=O) groups is 6. The fraction of sp³-hybridized carbons (Fsp3) is 0.258. The Bertz CT molecular complexity index is 2510. The van der Waals surface area contributed by atoms with Crippen LogP contribution in [0.25, 0.3) is 5.78 Å². The quantitative estimate of drug-likeness (QED) is 0.0243. The van der Waals surface area contributed by atoms with E-state index in [1.807, 2.05) is 0 Å². The number of phenols is 2. The number of nitrogens with one attached hydrogen (secondary N) is 3. The number of carboxylic acid groups (broad SMARTS) is 2. The molecule has 2 aliphatic heterocycles. The number of benzene rings is 1. The molecule has 1 fully saturated rings. The Balaban J connectivity index is 1.16. The molecule has 0 aliphatic carbocycles. The van der Waals surface area contributed by atoms with E-state index in [4.69, 9.17) is 10.6 Å². The zero-order chi connectivity index (χ0) is 43.1. The Hall–Kier alpha value is -6.68. The Kier molecular flexibility index (Phi) is 11.3. The zero-order valence-electron chi connectivity index (χ0n) is 29.7. The number of nitrogens with zero attached hydrogens (tertiary/aromatic N) is 7. The van der Waals surface area contributed by atoms with Gasteiger partial charge in [0.1, 0.15) is 27.8 Å². The number of carbonyl (C=O) groups excluding carboxylic acids is 4. The first kappa shape index (κ1) is 41.9. The van der Waals surface area contributed by atoms with Gasteiger partial charge in [-0.2, -0.15) is 22.7 Å². The molecule has 4 amide bonds. The van der Waals surface area contributed by atoms with Crippen LogP contribution in [-0.2, 0) is 30.2 Å². The maximum atomic E-state index is 13.6. The van der Waals surface area contributed by atoms with Crippen LogP contribution in [0, 0.1) is 0 Å². The summed E-state index contributed by atoms with van der Waals surface area (Å²) in [6.07, 6.45) is -4.95. The van der Waals surface area contributed by atoms with Crippen LogP contribution in [-0.4, -0.2) is 120 Å². The molecule has 1 unspecified atom stereocenters. The number of amides is 4. The lowest BCUT2D eigenvalue weighted by atomic mass is 10.0. The predicted molar refractivity (Wildman–Crippen MR) is 197 cm³/mol. The predicted octanol–water partition coefficient (Wildman–Crippen LogP) is 0.783. The first-order chi connectivity index (χ1) is 27.7.